The van der Waals surface area contributed by atoms with Gasteiger partial charge < -0.3 is 4.74 Å². The zero-order chi connectivity index (χ0) is 22.2. The summed E-state index contributed by atoms with van der Waals surface area (Å²) in [6, 6.07) is 18.2. The molecule has 0 spiro atoms. The van der Waals surface area contributed by atoms with Gasteiger partial charge in [-0.15, -0.1) is 0 Å². The van der Waals surface area contributed by atoms with Crippen LogP contribution in [0.2, 0.25) is 0 Å². The van der Waals surface area contributed by atoms with Crippen LogP contribution >= 0.6 is 0 Å². The molecule has 0 aliphatic rings. The molecule has 158 valence electrons. The fourth-order valence-corrected chi connectivity index (χ4v) is 3.72. The monoisotopic (exact) mass is 425 g/mol. The van der Waals surface area contributed by atoms with Crippen molar-refractivity contribution in [2.24, 2.45) is 0 Å². The number of rotatable bonds is 4. The molecule has 0 unspecified atom stereocenters. The summed E-state index contributed by atoms with van der Waals surface area (Å²) in [6.07, 6.45) is 3.04. The molecule has 5 aromatic rings. The second-order valence-electron chi connectivity index (χ2n) is 7.28. The SMILES string of the molecule is COc1ccc(C(=O)Nn2ccc3c(cnc4c(-c5ccccc5)c(C)nn43)c2=O)cc1. The fraction of sp³-hybridized carbons (Fsp3) is 0.0833. The van der Waals surface area contributed by atoms with E-state index in [1.807, 2.05) is 37.3 Å². The zero-order valence-corrected chi connectivity index (χ0v) is 17.4. The lowest BCUT2D eigenvalue weighted by Crippen LogP contribution is -2.32. The molecule has 2 aromatic carbocycles. The van der Waals surface area contributed by atoms with Crippen LogP contribution in [0.15, 0.2) is 77.9 Å². The Morgan fingerprint density at radius 1 is 1.03 bits per heavy atom. The van der Waals surface area contributed by atoms with Gasteiger partial charge >= 0.3 is 0 Å². The van der Waals surface area contributed by atoms with Crippen LogP contribution in [0, 0.1) is 6.92 Å². The average Bonchev–Trinajstić information content (AvgIpc) is 3.17. The summed E-state index contributed by atoms with van der Waals surface area (Å²) in [4.78, 5) is 30.1. The normalized spacial score (nSPS) is 11.1. The molecule has 8 nitrogen and oxygen atoms in total. The number of nitrogens with one attached hydrogen (secondary N) is 1. The third-order valence-electron chi connectivity index (χ3n) is 5.32. The highest BCUT2D eigenvalue weighted by Crippen LogP contribution is 2.28. The fourth-order valence-electron chi connectivity index (χ4n) is 3.72. The maximum Gasteiger partial charge on any atom is 0.280 e. The minimum absolute atomic E-state index is 0.345. The van der Waals surface area contributed by atoms with E-state index in [0.717, 1.165) is 21.5 Å². The van der Waals surface area contributed by atoms with E-state index in [9.17, 15) is 9.59 Å². The van der Waals surface area contributed by atoms with Crippen LogP contribution in [0.4, 0.5) is 0 Å². The number of hydrogen-bond donors (Lipinski definition) is 1. The molecule has 0 radical (unpaired) electrons. The number of aryl methyl sites for hydroxylation is 1. The largest absolute Gasteiger partial charge is 0.497 e. The first-order valence-corrected chi connectivity index (χ1v) is 9.97. The van der Waals surface area contributed by atoms with Crippen molar-refractivity contribution >= 4 is 22.5 Å². The average molecular weight is 425 g/mol. The Bertz CT molecular complexity index is 1520. The lowest BCUT2D eigenvalue weighted by atomic mass is 10.1. The number of carbonyl (C=O) groups excluding carboxylic acids is 1. The summed E-state index contributed by atoms with van der Waals surface area (Å²) < 4.78 is 7.93. The summed E-state index contributed by atoms with van der Waals surface area (Å²) in [7, 11) is 1.55. The molecule has 0 fully saturated rings. The van der Waals surface area contributed by atoms with Crippen molar-refractivity contribution < 1.29 is 9.53 Å². The molecular formula is C24H19N5O3. The van der Waals surface area contributed by atoms with Crippen molar-refractivity contribution in [3.05, 3.63) is 94.7 Å². The molecule has 0 aliphatic carbocycles. The minimum Gasteiger partial charge on any atom is -0.497 e. The van der Waals surface area contributed by atoms with Crippen LogP contribution in [0.3, 0.4) is 0 Å². The maximum atomic E-state index is 13.0. The first-order valence-electron chi connectivity index (χ1n) is 9.97. The standard InChI is InChI=1S/C24H19N5O3/c1-15-21(16-6-4-3-5-7-16)22-25-14-19-20(29(22)26-15)12-13-28(24(19)31)27-23(30)17-8-10-18(32-2)11-9-17/h3-14H,1-2H3,(H,27,30). The summed E-state index contributed by atoms with van der Waals surface area (Å²) in [5, 5.41) is 4.96. The predicted octanol–water partition coefficient (Wildman–Crippen LogP) is 3.41. The lowest BCUT2D eigenvalue weighted by Gasteiger charge is -2.10. The quantitative estimate of drug-likeness (QED) is 0.477. The van der Waals surface area contributed by atoms with E-state index in [1.54, 1.807) is 42.0 Å². The second-order valence-corrected chi connectivity index (χ2v) is 7.28. The number of nitrogens with zero attached hydrogens (tertiary/aromatic N) is 4. The molecule has 0 atom stereocenters. The molecular weight excluding hydrogens is 406 g/mol. The third kappa shape index (κ3) is 3.18. The molecule has 0 bridgehead atoms. The van der Waals surface area contributed by atoms with E-state index in [1.165, 1.54) is 12.4 Å². The summed E-state index contributed by atoms with van der Waals surface area (Å²) >= 11 is 0. The van der Waals surface area contributed by atoms with Crippen LogP contribution in [0.25, 0.3) is 27.7 Å². The predicted molar refractivity (Wildman–Crippen MR) is 122 cm³/mol. The molecule has 3 heterocycles. The second kappa shape index (κ2) is 7.66. The Hall–Kier alpha value is -4.46. The Balaban J connectivity index is 1.56. The van der Waals surface area contributed by atoms with Gasteiger partial charge in [-0.25, -0.2) is 14.2 Å². The van der Waals surface area contributed by atoms with Crippen molar-refractivity contribution in [2.45, 2.75) is 6.92 Å². The van der Waals surface area contributed by atoms with Crippen LogP contribution in [0.1, 0.15) is 16.1 Å². The minimum atomic E-state index is -0.413. The highest BCUT2D eigenvalue weighted by molar-refractivity contribution is 6.00. The van der Waals surface area contributed by atoms with Crippen molar-refractivity contribution in [2.75, 3.05) is 12.5 Å². The van der Waals surface area contributed by atoms with E-state index in [-0.39, 0.29) is 0 Å². The van der Waals surface area contributed by atoms with E-state index < -0.39 is 11.5 Å². The molecule has 8 heteroatoms. The van der Waals surface area contributed by atoms with Crippen molar-refractivity contribution in [1.29, 1.82) is 0 Å². The van der Waals surface area contributed by atoms with Crippen LogP contribution in [0.5, 0.6) is 5.75 Å². The Kier molecular flexibility index (Phi) is 4.67. The molecule has 5 rings (SSSR count). The van der Waals surface area contributed by atoms with Gasteiger partial charge in [0.15, 0.2) is 5.65 Å². The molecule has 3 aromatic heterocycles. The maximum absolute atomic E-state index is 13.0. The number of ether oxygens (including phenoxy) is 1. The number of carbonyl (C=O) groups is 1. The number of hydrogen-bond acceptors (Lipinski definition) is 5. The van der Waals surface area contributed by atoms with Crippen LogP contribution < -0.4 is 15.7 Å². The number of fused-ring (bicyclic) bond motifs is 3. The number of aromatic nitrogens is 4. The highest BCUT2D eigenvalue weighted by Gasteiger charge is 2.16. The zero-order valence-electron chi connectivity index (χ0n) is 17.4. The molecule has 1 N–H and O–H groups in total. The van der Waals surface area contributed by atoms with Gasteiger partial charge in [0.25, 0.3) is 11.5 Å². The van der Waals surface area contributed by atoms with Crippen LogP contribution in [-0.4, -0.2) is 32.3 Å². The third-order valence-corrected chi connectivity index (χ3v) is 5.32. The van der Waals surface area contributed by atoms with Gasteiger partial charge in [-0.2, -0.15) is 5.10 Å². The van der Waals surface area contributed by atoms with E-state index >= 15 is 0 Å². The van der Waals surface area contributed by atoms with Gasteiger partial charge in [0.2, 0.25) is 0 Å². The van der Waals surface area contributed by atoms with E-state index in [4.69, 9.17) is 4.74 Å². The van der Waals surface area contributed by atoms with Gasteiger partial charge in [-0.1, -0.05) is 30.3 Å². The Morgan fingerprint density at radius 3 is 2.50 bits per heavy atom. The first-order chi connectivity index (χ1) is 15.6. The van der Waals surface area contributed by atoms with Gasteiger partial charge in [0.1, 0.15) is 5.75 Å². The molecule has 1 amide bonds. The highest BCUT2D eigenvalue weighted by atomic mass is 16.5. The first kappa shape index (κ1) is 19.5. The van der Waals surface area contributed by atoms with Gasteiger partial charge in [0.05, 0.1) is 23.7 Å². The topological polar surface area (TPSA) is 90.5 Å². The summed E-state index contributed by atoms with van der Waals surface area (Å²) in [5.41, 5.74) is 6.64. The van der Waals surface area contributed by atoms with Gasteiger partial charge in [-0.05, 0) is 42.8 Å². The van der Waals surface area contributed by atoms with Gasteiger partial charge in [-0.3, -0.25) is 15.0 Å². The van der Waals surface area contributed by atoms with Crippen molar-refractivity contribution in [3.63, 3.8) is 0 Å². The Morgan fingerprint density at radius 2 is 1.78 bits per heavy atom. The van der Waals surface area contributed by atoms with E-state index in [0.29, 0.717) is 27.9 Å². The van der Waals surface area contributed by atoms with Gasteiger partial charge in [0, 0.05) is 23.5 Å². The lowest BCUT2D eigenvalue weighted by molar-refractivity contribution is 0.101. The molecule has 0 saturated carbocycles. The number of pyridine rings is 1. The Labute approximate surface area is 182 Å². The number of methoxy groups -OCH3 is 1. The number of amides is 1. The van der Waals surface area contributed by atoms with Crippen molar-refractivity contribution in [3.8, 4) is 16.9 Å². The van der Waals surface area contributed by atoms with E-state index in [2.05, 4.69) is 15.5 Å². The number of benzene rings is 2. The summed E-state index contributed by atoms with van der Waals surface area (Å²) in [6.45, 7) is 1.92. The molecule has 0 saturated heterocycles. The van der Waals surface area contributed by atoms with Crippen LogP contribution in [-0.2, 0) is 0 Å². The summed E-state index contributed by atoms with van der Waals surface area (Å²) in [5.74, 6) is 0.230. The van der Waals surface area contributed by atoms with Crippen molar-refractivity contribution in [1.82, 2.24) is 19.3 Å². The molecule has 32 heavy (non-hydrogen) atoms. The smallest absolute Gasteiger partial charge is 0.280 e. The molecule has 0 aliphatic heterocycles.